The summed E-state index contributed by atoms with van der Waals surface area (Å²) in [5, 5.41) is 14.7. The number of hydrogen-bond acceptors (Lipinski definition) is 5. The lowest BCUT2D eigenvalue weighted by Crippen LogP contribution is -2.06. The van der Waals surface area contributed by atoms with Gasteiger partial charge >= 0.3 is 0 Å². The summed E-state index contributed by atoms with van der Waals surface area (Å²) < 4.78 is 6.99. The van der Waals surface area contributed by atoms with Crippen molar-refractivity contribution in [3.63, 3.8) is 0 Å². The van der Waals surface area contributed by atoms with E-state index < -0.39 is 0 Å². The lowest BCUT2D eigenvalue weighted by Gasteiger charge is -2.13. The number of nitrogens with one attached hydrogen (secondary N) is 1. The molecule has 0 fully saturated rings. The van der Waals surface area contributed by atoms with E-state index in [0.29, 0.717) is 6.54 Å². The van der Waals surface area contributed by atoms with Crippen LogP contribution in [0.25, 0.3) is 5.69 Å². The predicted octanol–water partition coefficient (Wildman–Crippen LogP) is 2.28. The average Bonchev–Trinajstić information content (AvgIpc) is 3.08. The maximum Gasteiger partial charge on any atom is 0.143 e. The molecular formula is C15H15N5O. The van der Waals surface area contributed by atoms with Crippen molar-refractivity contribution >= 4 is 5.69 Å². The first-order valence-electron chi connectivity index (χ1n) is 6.56. The molecule has 1 aromatic heterocycles. The summed E-state index contributed by atoms with van der Waals surface area (Å²) in [6.07, 6.45) is 1.57. The highest BCUT2D eigenvalue weighted by atomic mass is 16.5. The highest BCUT2D eigenvalue weighted by Crippen LogP contribution is 2.22. The molecule has 21 heavy (non-hydrogen) atoms. The Balaban J connectivity index is 1.83. The molecule has 0 aliphatic heterocycles. The summed E-state index contributed by atoms with van der Waals surface area (Å²) in [7, 11) is 1.67. The van der Waals surface area contributed by atoms with Gasteiger partial charge < -0.3 is 10.1 Å². The van der Waals surface area contributed by atoms with Crippen LogP contribution in [0.3, 0.4) is 0 Å². The zero-order chi connectivity index (χ0) is 14.5. The quantitative estimate of drug-likeness (QED) is 0.777. The molecule has 0 bridgehead atoms. The second-order valence-electron chi connectivity index (χ2n) is 4.44. The maximum absolute atomic E-state index is 5.36. The summed E-state index contributed by atoms with van der Waals surface area (Å²) in [5.41, 5.74) is 2.94. The van der Waals surface area contributed by atoms with Gasteiger partial charge in [0.2, 0.25) is 0 Å². The van der Waals surface area contributed by atoms with Gasteiger partial charge in [0.1, 0.15) is 12.1 Å². The van der Waals surface area contributed by atoms with Crippen LogP contribution in [0.15, 0.2) is 54.9 Å². The minimum atomic E-state index is 0.656. The normalized spacial score (nSPS) is 10.3. The van der Waals surface area contributed by atoms with Crippen molar-refractivity contribution in [1.82, 2.24) is 20.2 Å². The number of rotatable bonds is 5. The zero-order valence-corrected chi connectivity index (χ0v) is 11.6. The fraction of sp³-hybridized carbons (Fsp3) is 0.133. The molecule has 0 spiro atoms. The number of benzene rings is 2. The number of nitrogens with zero attached hydrogens (tertiary/aromatic N) is 4. The third kappa shape index (κ3) is 2.84. The van der Waals surface area contributed by atoms with Crippen LogP contribution in [0.2, 0.25) is 0 Å². The van der Waals surface area contributed by atoms with Crippen molar-refractivity contribution in [2.45, 2.75) is 6.54 Å². The Morgan fingerprint density at radius 2 is 1.90 bits per heavy atom. The Hall–Kier alpha value is -2.89. The van der Waals surface area contributed by atoms with Crippen LogP contribution in [-0.4, -0.2) is 27.3 Å². The number of tetrazole rings is 1. The summed E-state index contributed by atoms with van der Waals surface area (Å²) in [6, 6.07) is 15.8. The van der Waals surface area contributed by atoms with E-state index in [-0.39, 0.29) is 0 Å². The Labute approximate surface area is 122 Å². The molecular weight excluding hydrogens is 266 g/mol. The van der Waals surface area contributed by atoms with Crippen LogP contribution >= 0.6 is 0 Å². The molecule has 0 radical (unpaired) electrons. The highest BCUT2D eigenvalue weighted by Gasteiger charge is 2.06. The van der Waals surface area contributed by atoms with Gasteiger partial charge in [0.25, 0.3) is 0 Å². The van der Waals surface area contributed by atoms with E-state index in [1.807, 2.05) is 48.5 Å². The van der Waals surface area contributed by atoms with Gasteiger partial charge in [-0.05, 0) is 28.6 Å². The average molecular weight is 281 g/mol. The van der Waals surface area contributed by atoms with Crippen molar-refractivity contribution in [2.75, 3.05) is 12.4 Å². The molecule has 0 aliphatic carbocycles. The van der Waals surface area contributed by atoms with Gasteiger partial charge in [-0.25, -0.2) is 0 Å². The van der Waals surface area contributed by atoms with Crippen molar-refractivity contribution in [2.24, 2.45) is 0 Å². The molecule has 1 heterocycles. The number of para-hydroxylation sites is 3. The second kappa shape index (κ2) is 6.04. The third-order valence-electron chi connectivity index (χ3n) is 3.16. The van der Waals surface area contributed by atoms with Crippen LogP contribution in [0.1, 0.15) is 5.56 Å². The third-order valence-corrected chi connectivity index (χ3v) is 3.16. The van der Waals surface area contributed by atoms with Crippen molar-refractivity contribution < 1.29 is 4.74 Å². The largest absolute Gasteiger partial charge is 0.496 e. The van der Waals surface area contributed by atoms with Gasteiger partial charge in [-0.2, -0.15) is 4.68 Å². The first-order valence-corrected chi connectivity index (χ1v) is 6.56. The van der Waals surface area contributed by atoms with Gasteiger partial charge in [-0.1, -0.05) is 30.3 Å². The van der Waals surface area contributed by atoms with E-state index in [2.05, 4.69) is 20.8 Å². The number of ether oxygens (including phenoxy) is 1. The minimum absolute atomic E-state index is 0.656. The SMILES string of the molecule is COc1ccccc1CNc1ccccc1-n1cnnn1. The Bertz CT molecular complexity index is 712. The van der Waals surface area contributed by atoms with E-state index in [9.17, 15) is 0 Å². The number of anilines is 1. The van der Waals surface area contributed by atoms with Crippen LogP contribution in [0.4, 0.5) is 5.69 Å². The molecule has 1 N–H and O–H groups in total. The monoisotopic (exact) mass is 281 g/mol. The van der Waals surface area contributed by atoms with E-state index in [1.54, 1.807) is 18.1 Å². The lowest BCUT2D eigenvalue weighted by atomic mass is 10.2. The lowest BCUT2D eigenvalue weighted by molar-refractivity contribution is 0.410. The molecule has 6 nitrogen and oxygen atoms in total. The summed E-state index contributed by atoms with van der Waals surface area (Å²) in [6.45, 7) is 0.656. The Morgan fingerprint density at radius 3 is 2.71 bits per heavy atom. The minimum Gasteiger partial charge on any atom is -0.496 e. The highest BCUT2D eigenvalue weighted by molar-refractivity contribution is 5.60. The molecule has 0 saturated carbocycles. The summed E-state index contributed by atoms with van der Waals surface area (Å²) in [4.78, 5) is 0. The van der Waals surface area contributed by atoms with Crippen LogP contribution < -0.4 is 10.1 Å². The first kappa shape index (κ1) is 13.1. The fourth-order valence-corrected chi connectivity index (χ4v) is 2.13. The topological polar surface area (TPSA) is 64.9 Å². The molecule has 0 atom stereocenters. The summed E-state index contributed by atoms with van der Waals surface area (Å²) in [5.74, 6) is 0.866. The molecule has 3 aromatic rings. The molecule has 3 rings (SSSR count). The van der Waals surface area contributed by atoms with Crippen LogP contribution in [0.5, 0.6) is 5.75 Å². The van der Waals surface area contributed by atoms with Crippen molar-refractivity contribution in [3.8, 4) is 11.4 Å². The molecule has 6 heteroatoms. The van der Waals surface area contributed by atoms with Gasteiger partial charge in [0.15, 0.2) is 0 Å². The standard InChI is InChI=1S/C15H15N5O/c1-21-15-9-5-2-6-12(15)10-16-13-7-3-4-8-14(13)20-11-17-18-19-20/h2-9,11,16H,10H2,1H3. The van der Waals surface area contributed by atoms with Crippen molar-refractivity contribution in [3.05, 3.63) is 60.4 Å². The number of hydrogen-bond donors (Lipinski definition) is 1. The fourth-order valence-electron chi connectivity index (χ4n) is 2.13. The predicted molar refractivity (Wildman–Crippen MR) is 79.5 cm³/mol. The molecule has 2 aromatic carbocycles. The van der Waals surface area contributed by atoms with E-state index in [0.717, 1.165) is 22.7 Å². The van der Waals surface area contributed by atoms with E-state index in [1.165, 1.54) is 0 Å². The Kier molecular flexibility index (Phi) is 3.77. The van der Waals surface area contributed by atoms with Crippen LogP contribution in [0, 0.1) is 0 Å². The van der Waals surface area contributed by atoms with Crippen molar-refractivity contribution in [1.29, 1.82) is 0 Å². The van der Waals surface area contributed by atoms with Gasteiger partial charge in [0.05, 0.1) is 18.5 Å². The van der Waals surface area contributed by atoms with Gasteiger partial charge in [0, 0.05) is 12.1 Å². The maximum atomic E-state index is 5.36. The summed E-state index contributed by atoms with van der Waals surface area (Å²) >= 11 is 0. The zero-order valence-electron chi connectivity index (χ0n) is 11.6. The second-order valence-corrected chi connectivity index (χ2v) is 4.44. The number of methoxy groups -OCH3 is 1. The molecule has 0 unspecified atom stereocenters. The van der Waals surface area contributed by atoms with Gasteiger partial charge in [-0.15, -0.1) is 5.10 Å². The van der Waals surface area contributed by atoms with E-state index in [4.69, 9.17) is 4.74 Å². The Morgan fingerprint density at radius 1 is 1.10 bits per heavy atom. The first-order chi connectivity index (χ1) is 10.4. The molecule has 0 amide bonds. The van der Waals surface area contributed by atoms with E-state index >= 15 is 0 Å². The smallest absolute Gasteiger partial charge is 0.143 e. The molecule has 0 saturated heterocycles. The molecule has 0 aliphatic rings. The molecule has 106 valence electrons. The van der Waals surface area contributed by atoms with Crippen LogP contribution in [-0.2, 0) is 6.54 Å². The number of aromatic nitrogens is 4. The van der Waals surface area contributed by atoms with Gasteiger partial charge in [-0.3, -0.25) is 0 Å².